The summed E-state index contributed by atoms with van der Waals surface area (Å²) in [7, 11) is 1.83. The first-order chi connectivity index (χ1) is 7.81. The van der Waals surface area contributed by atoms with Gasteiger partial charge in [0.15, 0.2) is 0 Å². The quantitative estimate of drug-likeness (QED) is 0.789. The molecular formula is C14H26N2O. The molecule has 17 heavy (non-hydrogen) atoms. The summed E-state index contributed by atoms with van der Waals surface area (Å²) < 4.78 is 0. The number of rotatable bonds is 3. The van der Waals surface area contributed by atoms with E-state index in [1.165, 1.54) is 19.3 Å². The Bertz CT molecular complexity index is 321. The Labute approximate surface area is 105 Å². The summed E-state index contributed by atoms with van der Waals surface area (Å²) in [6.07, 6.45) is 3.87. The molecule has 2 N–H and O–H groups in total. The van der Waals surface area contributed by atoms with E-state index in [2.05, 4.69) is 31.4 Å². The highest BCUT2D eigenvalue weighted by molar-refractivity contribution is 5.81. The molecular weight excluding hydrogens is 212 g/mol. The number of carbonyl (C=O) groups is 1. The van der Waals surface area contributed by atoms with Gasteiger partial charge >= 0.3 is 0 Å². The zero-order chi connectivity index (χ0) is 12.8. The maximum absolute atomic E-state index is 12.1. The lowest BCUT2D eigenvalue weighted by molar-refractivity contribution is -0.125. The molecule has 2 aliphatic rings. The lowest BCUT2D eigenvalue weighted by Crippen LogP contribution is -2.55. The third kappa shape index (κ3) is 1.88. The summed E-state index contributed by atoms with van der Waals surface area (Å²) in [5, 5.41) is 6.30. The van der Waals surface area contributed by atoms with Crippen LogP contribution in [0.3, 0.4) is 0 Å². The molecule has 2 saturated carbocycles. The number of likely N-dealkylation sites (N-methyl/N-ethyl adjacent to an activating group) is 1. The number of nitrogens with one attached hydrogen (secondary N) is 2. The predicted octanol–water partition coefficient (Wildman–Crippen LogP) is 1.93. The summed E-state index contributed by atoms with van der Waals surface area (Å²) in [6, 6.07) is 0.227. The molecule has 3 heteroatoms. The van der Waals surface area contributed by atoms with Crippen LogP contribution in [0.2, 0.25) is 0 Å². The zero-order valence-corrected chi connectivity index (χ0v) is 11.8. The number of amides is 1. The summed E-state index contributed by atoms with van der Waals surface area (Å²) in [5.74, 6) is 0.919. The van der Waals surface area contributed by atoms with Crippen LogP contribution in [0.15, 0.2) is 0 Å². The molecule has 0 aliphatic heterocycles. The second-order valence-electron chi connectivity index (χ2n) is 6.87. The smallest absolute Gasteiger partial charge is 0.237 e. The summed E-state index contributed by atoms with van der Waals surface area (Å²) in [6.45, 7) is 8.89. The van der Waals surface area contributed by atoms with Crippen LogP contribution in [-0.2, 0) is 4.79 Å². The monoisotopic (exact) mass is 238 g/mol. The molecule has 2 fully saturated rings. The highest BCUT2D eigenvalue weighted by Crippen LogP contribution is 2.62. The molecule has 0 aromatic carbocycles. The van der Waals surface area contributed by atoms with Gasteiger partial charge in [-0.3, -0.25) is 4.79 Å². The first-order valence-corrected chi connectivity index (χ1v) is 6.79. The van der Waals surface area contributed by atoms with Crippen molar-refractivity contribution in [1.29, 1.82) is 0 Å². The van der Waals surface area contributed by atoms with Crippen LogP contribution in [0.5, 0.6) is 0 Å². The Hall–Kier alpha value is -0.570. The third-order valence-electron chi connectivity index (χ3n) is 5.38. The molecule has 98 valence electrons. The molecule has 2 rings (SSSR count). The predicted molar refractivity (Wildman–Crippen MR) is 69.7 cm³/mol. The fourth-order valence-corrected chi connectivity index (χ4v) is 4.06. The Morgan fingerprint density at radius 2 is 2.00 bits per heavy atom. The number of hydrogen-bond donors (Lipinski definition) is 2. The molecule has 0 aromatic rings. The van der Waals surface area contributed by atoms with Gasteiger partial charge in [-0.25, -0.2) is 0 Å². The summed E-state index contributed by atoms with van der Waals surface area (Å²) >= 11 is 0. The third-order valence-corrected chi connectivity index (χ3v) is 5.38. The SMILES string of the molecule is CNC(C)C(=O)NC1C2(C)CCC(C2)C1(C)C. The van der Waals surface area contributed by atoms with E-state index in [1.807, 2.05) is 14.0 Å². The van der Waals surface area contributed by atoms with E-state index in [0.29, 0.717) is 11.5 Å². The minimum Gasteiger partial charge on any atom is -0.351 e. The first kappa shape index (κ1) is 12.9. The largest absolute Gasteiger partial charge is 0.351 e. The Balaban J connectivity index is 2.13. The average molecular weight is 238 g/mol. The van der Waals surface area contributed by atoms with Crippen molar-refractivity contribution in [1.82, 2.24) is 10.6 Å². The molecule has 1 amide bonds. The van der Waals surface area contributed by atoms with Crippen LogP contribution in [0.4, 0.5) is 0 Å². The van der Waals surface area contributed by atoms with Gasteiger partial charge in [-0.15, -0.1) is 0 Å². The lowest BCUT2D eigenvalue weighted by Gasteiger charge is -2.43. The van der Waals surface area contributed by atoms with Gasteiger partial charge in [-0.1, -0.05) is 20.8 Å². The van der Waals surface area contributed by atoms with Gasteiger partial charge in [0.25, 0.3) is 0 Å². The van der Waals surface area contributed by atoms with Crippen molar-refractivity contribution < 1.29 is 4.79 Å². The van der Waals surface area contributed by atoms with Gasteiger partial charge in [0, 0.05) is 6.04 Å². The second-order valence-corrected chi connectivity index (χ2v) is 6.87. The van der Waals surface area contributed by atoms with Crippen molar-refractivity contribution in [3.05, 3.63) is 0 Å². The first-order valence-electron chi connectivity index (χ1n) is 6.79. The van der Waals surface area contributed by atoms with Crippen molar-refractivity contribution in [2.24, 2.45) is 16.7 Å². The van der Waals surface area contributed by atoms with E-state index < -0.39 is 0 Å². The topological polar surface area (TPSA) is 41.1 Å². The summed E-state index contributed by atoms with van der Waals surface area (Å²) in [4.78, 5) is 12.1. The number of fused-ring (bicyclic) bond motifs is 2. The van der Waals surface area contributed by atoms with Crippen molar-refractivity contribution in [3.8, 4) is 0 Å². The Kier molecular flexibility index (Phi) is 3.01. The molecule has 4 unspecified atom stereocenters. The molecule has 2 aliphatic carbocycles. The second kappa shape index (κ2) is 3.98. The Morgan fingerprint density at radius 3 is 2.47 bits per heavy atom. The van der Waals surface area contributed by atoms with Crippen LogP contribution < -0.4 is 10.6 Å². The fourth-order valence-electron chi connectivity index (χ4n) is 4.06. The molecule has 0 radical (unpaired) electrons. The normalized spacial score (nSPS) is 40.3. The standard InChI is InChI=1S/C14H26N2O/c1-9(15-5)11(17)16-12-13(2,3)10-6-7-14(12,4)8-10/h9-10,12,15H,6-8H2,1-5H3,(H,16,17). The van der Waals surface area contributed by atoms with E-state index in [1.54, 1.807) is 0 Å². The van der Waals surface area contributed by atoms with Gasteiger partial charge in [0.1, 0.15) is 0 Å². The zero-order valence-electron chi connectivity index (χ0n) is 11.8. The molecule has 4 atom stereocenters. The van der Waals surface area contributed by atoms with E-state index >= 15 is 0 Å². The molecule has 2 bridgehead atoms. The van der Waals surface area contributed by atoms with Crippen molar-refractivity contribution >= 4 is 5.91 Å². The van der Waals surface area contributed by atoms with Gasteiger partial charge in [0.05, 0.1) is 6.04 Å². The van der Waals surface area contributed by atoms with Crippen molar-refractivity contribution in [2.75, 3.05) is 7.05 Å². The van der Waals surface area contributed by atoms with Crippen molar-refractivity contribution in [3.63, 3.8) is 0 Å². The number of hydrogen-bond acceptors (Lipinski definition) is 2. The minimum atomic E-state index is -0.103. The van der Waals surface area contributed by atoms with E-state index in [0.717, 1.165) is 5.92 Å². The highest BCUT2D eigenvalue weighted by Gasteiger charge is 2.59. The summed E-state index contributed by atoms with van der Waals surface area (Å²) in [5.41, 5.74) is 0.563. The van der Waals surface area contributed by atoms with Gasteiger partial charge < -0.3 is 10.6 Å². The van der Waals surface area contributed by atoms with Crippen LogP contribution in [-0.4, -0.2) is 25.0 Å². The van der Waals surface area contributed by atoms with Crippen LogP contribution in [0.1, 0.15) is 47.0 Å². The molecule has 3 nitrogen and oxygen atoms in total. The maximum Gasteiger partial charge on any atom is 0.237 e. The van der Waals surface area contributed by atoms with Gasteiger partial charge in [-0.2, -0.15) is 0 Å². The van der Waals surface area contributed by atoms with E-state index in [9.17, 15) is 4.79 Å². The van der Waals surface area contributed by atoms with Crippen LogP contribution in [0.25, 0.3) is 0 Å². The van der Waals surface area contributed by atoms with Gasteiger partial charge in [-0.05, 0) is 50.0 Å². The van der Waals surface area contributed by atoms with Crippen LogP contribution in [0, 0.1) is 16.7 Å². The van der Waals surface area contributed by atoms with E-state index in [-0.39, 0.29) is 17.4 Å². The molecule has 0 spiro atoms. The van der Waals surface area contributed by atoms with E-state index in [4.69, 9.17) is 0 Å². The fraction of sp³-hybridized carbons (Fsp3) is 0.929. The minimum absolute atomic E-state index is 0.103. The van der Waals surface area contributed by atoms with Crippen LogP contribution >= 0.6 is 0 Å². The van der Waals surface area contributed by atoms with Gasteiger partial charge in [0.2, 0.25) is 5.91 Å². The Morgan fingerprint density at radius 1 is 1.35 bits per heavy atom. The lowest BCUT2D eigenvalue weighted by atomic mass is 9.68. The van der Waals surface area contributed by atoms with Crippen molar-refractivity contribution in [2.45, 2.75) is 59.0 Å². The average Bonchev–Trinajstić information content (AvgIpc) is 2.74. The number of carbonyl (C=O) groups excluding carboxylic acids is 1. The molecule has 0 heterocycles. The molecule has 0 aromatic heterocycles. The highest BCUT2D eigenvalue weighted by atomic mass is 16.2. The molecule has 0 saturated heterocycles. The maximum atomic E-state index is 12.1.